The van der Waals surface area contributed by atoms with Gasteiger partial charge < -0.3 is 10.4 Å². The van der Waals surface area contributed by atoms with Crippen molar-refractivity contribution >= 4 is 34.2 Å². The number of carbonyl (C=O) groups is 1. The Morgan fingerprint density at radius 2 is 2.31 bits per heavy atom. The Balaban J connectivity index is 2.62. The maximum absolute atomic E-state index is 12.8. The van der Waals surface area contributed by atoms with Crippen LogP contribution in [-0.4, -0.2) is 17.6 Å². The van der Waals surface area contributed by atoms with Gasteiger partial charge in [-0.05, 0) is 47.7 Å². The van der Waals surface area contributed by atoms with Crippen LogP contribution in [0.25, 0.3) is 0 Å². The zero-order chi connectivity index (χ0) is 12.1. The van der Waals surface area contributed by atoms with Crippen molar-refractivity contribution in [2.24, 2.45) is 0 Å². The summed E-state index contributed by atoms with van der Waals surface area (Å²) in [5.41, 5.74) is 1.07. The van der Waals surface area contributed by atoms with Gasteiger partial charge in [0.2, 0.25) is 0 Å². The van der Waals surface area contributed by atoms with E-state index in [1.165, 1.54) is 19.1 Å². The third-order valence-electron chi connectivity index (χ3n) is 1.97. The fourth-order valence-electron chi connectivity index (χ4n) is 1.03. The van der Waals surface area contributed by atoms with Crippen LogP contribution in [0.15, 0.2) is 29.8 Å². The molecule has 0 bridgehead atoms. The molecule has 0 spiro atoms. The largest absolute Gasteiger partial charge is 0.478 e. The molecule has 0 radical (unpaired) electrons. The topological polar surface area (TPSA) is 49.3 Å². The molecule has 2 N–H and O–H groups in total. The van der Waals surface area contributed by atoms with Gasteiger partial charge in [-0.15, -0.1) is 0 Å². The Morgan fingerprint density at radius 1 is 1.62 bits per heavy atom. The predicted molar refractivity (Wildman–Crippen MR) is 69.0 cm³/mol. The number of anilines is 1. The standard InChI is InChI=1S/C11H11FINO2/c1-7(11(15)16)4-5-14-10-3-2-8(12)6-9(10)13/h2-4,6,14H,5H2,1H3,(H,15,16)/b7-4-. The minimum atomic E-state index is -0.935. The van der Waals surface area contributed by atoms with Crippen molar-refractivity contribution in [2.75, 3.05) is 11.9 Å². The van der Waals surface area contributed by atoms with E-state index in [0.29, 0.717) is 6.54 Å². The molecule has 0 saturated heterocycles. The lowest BCUT2D eigenvalue weighted by Crippen LogP contribution is -2.04. The zero-order valence-corrected chi connectivity index (χ0v) is 10.8. The lowest BCUT2D eigenvalue weighted by atomic mass is 10.2. The maximum Gasteiger partial charge on any atom is 0.331 e. The number of rotatable bonds is 4. The van der Waals surface area contributed by atoms with Crippen molar-refractivity contribution in [1.82, 2.24) is 0 Å². The molecule has 1 aromatic rings. The van der Waals surface area contributed by atoms with E-state index in [2.05, 4.69) is 5.32 Å². The first-order valence-electron chi connectivity index (χ1n) is 4.59. The summed E-state index contributed by atoms with van der Waals surface area (Å²) in [5.74, 6) is -1.22. The Hall–Kier alpha value is -1.11. The molecular formula is C11H11FINO2. The van der Waals surface area contributed by atoms with Crippen LogP contribution in [0.4, 0.5) is 10.1 Å². The molecule has 1 aromatic carbocycles. The Labute approximate surface area is 106 Å². The van der Waals surface area contributed by atoms with E-state index in [9.17, 15) is 9.18 Å². The van der Waals surface area contributed by atoms with Crippen molar-refractivity contribution in [3.8, 4) is 0 Å². The molecule has 0 heterocycles. The highest BCUT2D eigenvalue weighted by molar-refractivity contribution is 14.1. The third-order valence-corrected chi connectivity index (χ3v) is 2.86. The fourth-order valence-corrected chi connectivity index (χ4v) is 1.70. The summed E-state index contributed by atoms with van der Waals surface area (Å²) >= 11 is 2.02. The van der Waals surface area contributed by atoms with Gasteiger partial charge in [0.25, 0.3) is 0 Å². The van der Waals surface area contributed by atoms with Crippen molar-refractivity contribution < 1.29 is 14.3 Å². The molecule has 0 amide bonds. The third kappa shape index (κ3) is 3.80. The normalized spacial score (nSPS) is 11.3. The molecule has 0 aliphatic heterocycles. The van der Waals surface area contributed by atoms with Crippen molar-refractivity contribution in [1.29, 1.82) is 0 Å². The predicted octanol–water partition coefficient (Wildman–Crippen LogP) is 2.87. The minimum Gasteiger partial charge on any atom is -0.478 e. The first-order valence-corrected chi connectivity index (χ1v) is 5.67. The van der Waals surface area contributed by atoms with Gasteiger partial charge in [0.15, 0.2) is 0 Å². The average molecular weight is 335 g/mol. The van der Waals surface area contributed by atoms with Crippen LogP contribution in [0.3, 0.4) is 0 Å². The minimum absolute atomic E-state index is 0.282. The molecule has 0 aliphatic carbocycles. The van der Waals surface area contributed by atoms with Gasteiger partial charge in [0, 0.05) is 21.4 Å². The maximum atomic E-state index is 12.8. The van der Waals surface area contributed by atoms with Crippen LogP contribution in [0, 0.1) is 9.39 Å². The summed E-state index contributed by atoms with van der Waals surface area (Å²) in [6.07, 6.45) is 1.57. The van der Waals surface area contributed by atoms with Crippen LogP contribution in [0.2, 0.25) is 0 Å². The van der Waals surface area contributed by atoms with Crippen LogP contribution in [-0.2, 0) is 4.79 Å². The van der Waals surface area contributed by atoms with Crippen LogP contribution in [0.5, 0.6) is 0 Å². The highest BCUT2D eigenvalue weighted by Gasteiger charge is 2.01. The van der Waals surface area contributed by atoms with E-state index in [4.69, 9.17) is 5.11 Å². The highest BCUT2D eigenvalue weighted by Crippen LogP contribution is 2.18. The SMILES string of the molecule is C/C(=C/CNc1ccc(F)cc1I)C(=O)O. The smallest absolute Gasteiger partial charge is 0.331 e. The second-order valence-corrected chi connectivity index (χ2v) is 4.36. The summed E-state index contributed by atoms with van der Waals surface area (Å²) in [4.78, 5) is 10.5. The molecule has 1 rings (SSSR count). The number of aliphatic carboxylic acids is 1. The van der Waals surface area contributed by atoms with Gasteiger partial charge >= 0.3 is 5.97 Å². The molecule has 5 heteroatoms. The molecule has 0 aromatic heterocycles. The molecule has 0 atom stereocenters. The molecule has 86 valence electrons. The summed E-state index contributed by atoms with van der Waals surface area (Å²) in [7, 11) is 0. The summed E-state index contributed by atoms with van der Waals surface area (Å²) in [5, 5.41) is 11.6. The number of hydrogen-bond donors (Lipinski definition) is 2. The van der Waals surface area contributed by atoms with Crippen LogP contribution >= 0.6 is 22.6 Å². The Morgan fingerprint density at radius 3 is 2.88 bits per heavy atom. The van der Waals surface area contributed by atoms with Gasteiger partial charge in [0.1, 0.15) is 5.82 Å². The molecule has 0 unspecified atom stereocenters. The monoisotopic (exact) mass is 335 g/mol. The van der Waals surface area contributed by atoms with E-state index >= 15 is 0 Å². The fraction of sp³-hybridized carbons (Fsp3) is 0.182. The number of benzene rings is 1. The first-order chi connectivity index (χ1) is 7.50. The van der Waals surface area contributed by atoms with E-state index in [1.54, 1.807) is 12.1 Å². The molecule has 16 heavy (non-hydrogen) atoms. The lowest BCUT2D eigenvalue weighted by molar-refractivity contribution is -0.132. The number of halogens is 2. The van der Waals surface area contributed by atoms with E-state index in [-0.39, 0.29) is 11.4 Å². The van der Waals surface area contributed by atoms with Crippen molar-refractivity contribution in [3.63, 3.8) is 0 Å². The number of hydrogen-bond acceptors (Lipinski definition) is 2. The zero-order valence-electron chi connectivity index (χ0n) is 8.63. The molecule has 0 aliphatic rings. The van der Waals surface area contributed by atoms with Crippen LogP contribution < -0.4 is 5.32 Å². The number of nitrogens with one attached hydrogen (secondary N) is 1. The second-order valence-electron chi connectivity index (χ2n) is 3.20. The summed E-state index contributed by atoms with van der Waals surface area (Å²) < 4.78 is 13.5. The van der Waals surface area contributed by atoms with E-state index in [0.717, 1.165) is 9.26 Å². The van der Waals surface area contributed by atoms with E-state index < -0.39 is 5.97 Å². The van der Waals surface area contributed by atoms with Gasteiger partial charge in [-0.1, -0.05) is 6.08 Å². The molecule has 0 saturated carbocycles. The van der Waals surface area contributed by atoms with Gasteiger partial charge in [-0.2, -0.15) is 0 Å². The number of carboxylic acid groups (broad SMARTS) is 1. The highest BCUT2D eigenvalue weighted by atomic mass is 127. The lowest BCUT2D eigenvalue weighted by Gasteiger charge is -2.06. The molecule has 0 fully saturated rings. The van der Waals surface area contributed by atoms with Gasteiger partial charge in [-0.3, -0.25) is 0 Å². The Bertz CT molecular complexity index is 432. The van der Waals surface area contributed by atoms with Crippen molar-refractivity contribution in [2.45, 2.75) is 6.92 Å². The summed E-state index contributed by atoms with van der Waals surface area (Å²) in [6.45, 7) is 1.93. The van der Waals surface area contributed by atoms with E-state index in [1.807, 2.05) is 22.6 Å². The van der Waals surface area contributed by atoms with Gasteiger partial charge in [0.05, 0.1) is 0 Å². The Kier molecular flexibility index (Phi) is 4.72. The second kappa shape index (κ2) is 5.83. The number of carboxylic acids is 1. The first kappa shape index (κ1) is 13.0. The average Bonchev–Trinajstić information content (AvgIpc) is 2.20. The van der Waals surface area contributed by atoms with Gasteiger partial charge in [-0.25, -0.2) is 9.18 Å². The molecular weight excluding hydrogens is 324 g/mol. The summed E-state index contributed by atoms with van der Waals surface area (Å²) in [6, 6.07) is 4.40. The quantitative estimate of drug-likeness (QED) is 0.657. The molecule has 3 nitrogen and oxygen atoms in total. The van der Waals surface area contributed by atoms with Crippen LogP contribution in [0.1, 0.15) is 6.92 Å². The van der Waals surface area contributed by atoms with Crippen molar-refractivity contribution in [3.05, 3.63) is 39.2 Å².